The lowest BCUT2D eigenvalue weighted by molar-refractivity contribution is 0.0941. The van der Waals surface area contributed by atoms with Crippen molar-refractivity contribution in [3.05, 3.63) is 41.0 Å². The SMILES string of the molecule is O=C(NCc1nn[nH]n1)c1c(F)cc(F)cc1F. The molecule has 0 aliphatic heterocycles. The van der Waals surface area contributed by atoms with E-state index in [4.69, 9.17) is 0 Å². The minimum absolute atomic E-state index is 0.145. The van der Waals surface area contributed by atoms with Crippen molar-refractivity contribution in [3.63, 3.8) is 0 Å². The highest BCUT2D eigenvalue weighted by Gasteiger charge is 2.19. The van der Waals surface area contributed by atoms with Crippen LogP contribution >= 0.6 is 0 Å². The predicted octanol–water partition coefficient (Wildman–Crippen LogP) is 0.547. The molecule has 18 heavy (non-hydrogen) atoms. The average Bonchev–Trinajstić information content (AvgIpc) is 2.77. The van der Waals surface area contributed by atoms with E-state index in [0.717, 1.165) is 0 Å². The zero-order valence-electron chi connectivity index (χ0n) is 8.75. The van der Waals surface area contributed by atoms with Gasteiger partial charge in [0.15, 0.2) is 5.82 Å². The highest BCUT2D eigenvalue weighted by Crippen LogP contribution is 2.14. The zero-order valence-corrected chi connectivity index (χ0v) is 8.75. The summed E-state index contributed by atoms with van der Waals surface area (Å²) in [5.41, 5.74) is -0.861. The molecule has 9 heteroatoms. The maximum atomic E-state index is 13.2. The van der Waals surface area contributed by atoms with Crippen molar-refractivity contribution >= 4 is 5.91 Å². The van der Waals surface area contributed by atoms with E-state index in [0.29, 0.717) is 12.1 Å². The Morgan fingerprint density at radius 2 is 1.94 bits per heavy atom. The molecule has 0 aliphatic carbocycles. The first kappa shape index (κ1) is 12.0. The molecule has 0 atom stereocenters. The maximum Gasteiger partial charge on any atom is 0.257 e. The molecule has 6 nitrogen and oxygen atoms in total. The van der Waals surface area contributed by atoms with Crippen LogP contribution in [0.15, 0.2) is 12.1 Å². The third-order valence-electron chi connectivity index (χ3n) is 2.03. The molecule has 0 radical (unpaired) electrons. The molecule has 94 valence electrons. The number of H-pyrrole nitrogens is 1. The standard InChI is InChI=1S/C9H6F3N5O/c10-4-1-5(11)8(6(12)2-4)9(18)13-3-7-14-16-17-15-7/h1-2H,3H2,(H,13,18)(H,14,15,16,17). The number of hydrogen-bond donors (Lipinski definition) is 2. The van der Waals surface area contributed by atoms with Gasteiger partial charge in [-0.1, -0.05) is 5.21 Å². The van der Waals surface area contributed by atoms with E-state index in [-0.39, 0.29) is 12.4 Å². The summed E-state index contributed by atoms with van der Waals surface area (Å²) in [5, 5.41) is 14.6. The van der Waals surface area contributed by atoms with E-state index in [1.807, 2.05) is 0 Å². The van der Waals surface area contributed by atoms with Crippen molar-refractivity contribution in [2.24, 2.45) is 0 Å². The van der Waals surface area contributed by atoms with Crippen LogP contribution in [0.4, 0.5) is 13.2 Å². The van der Waals surface area contributed by atoms with Gasteiger partial charge in [-0.2, -0.15) is 5.21 Å². The largest absolute Gasteiger partial charge is 0.344 e. The Morgan fingerprint density at radius 1 is 1.28 bits per heavy atom. The number of benzene rings is 1. The summed E-state index contributed by atoms with van der Waals surface area (Å²) in [7, 11) is 0. The van der Waals surface area contributed by atoms with Crippen LogP contribution in [-0.2, 0) is 6.54 Å². The summed E-state index contributed by atoms with van der Waals surface area (Å²) in [6, 6.07) is 0.846. The Morgan fingerprint density at radius 3 is 2.50 bits per heavy atom. The topological polar surface area (TPSA) is 83.6 Å². The number of rotatable bonds is 3. The molecule has 2 rings (SSSR count). The third kappa shape index (κ3) is 2.44. The summed E-state index contributed by atoms with van der Waals surface area (Å²) in [6.07, 6.45) is 0. The van der Waals surface area contributed by atoms with Gasteiger partial charge in [0.2, 0.25) is 0 Å². The Balaban J connectivity index is 2.14. The number of hydrogen-bond acceptors (Lipinski definition) is 4. The Hall–Kier alpha value is -2.45. The summed E-state index contributed by atoms with van der Waals surface area (Å²) in [6.45, 7) is -0.161. The lowest BCUT2D eigenvalue weighted by Crippen LogP contribution is -2.25. The van der Waals surface area contributed by atoms with Gasteiger partial charge in [-0.05, 0) is 0 Å². The smallest absolute Gasteiger partial charge is 0.257 e. The van der Waals surface area contributed by atoms with Crippen molar-refractivity contribution in [1.29, 1.82) is 0 Å². The van der Waals surface area contributed by atoms with Gasteiger partial charge in [0.25, 0.3) is 5.91 Å². The van der Waals surface area contributed by atoms with Crippen LogP contribution < -0.4 is 5.32 Å². The number of halogens is 3. The van der Waals surface area contributed by atoms with Gasteiger partial charge >= 0.3 is 0 Å². The number of carbonyl (C=O) groups excluding carboxylic acids is 1. The van der Waals surface area contributed by atoms with E-state index in [2.05, 4.69) is 25.9 Å². The van der Waals surface area contributed by atoms with Crippen molar-refractivity contribution in [2.75, 3.05) is 0 Å². The number of nitrogens with zero attached hydrogens (tertiary/aromatic N) is 3. The first-order chi connectivity index (χ1) is 8.58. The lowest BCUT2D eigenvalue weighted by atomic mass is 10.2. The Bertz CT molecular complexity index is 549. The van der Waals surface area contributed by atoms with E-state index in [1.54, 1.807) is 0 Å². The van der Waals surface area contributed by atoms with Crippen LogP contribution in [0.2, 0.25) is 0 Å². The van der Waals surface area contributed by atoms with Crippen LogP contribution in [0.1, 0.15) is 16.2 Å². The van der Waals surface area contributed by atoms with E-state index in [1.165, 1.54) is 0 Å². The van der Waals surface area contributed by atoms with Crippen molar-refractivity contribution < 1.29 is 18.0 Å². The van der Waals surface area contributed by atoms with Crippen LogP contribution in [0.25, 0.3) is 0 Å². The zero-order chi connectivity index (χ0) is 13.1. The molecular formula is C9H6F3N5O. The van der Waals surface area contributed by atoms with Gasteiger partial charge in [-0.25, -0.2) is 13.2 Å². The van der Waals surface area contributed by atoms with Gasteiger partial charge in [-0.3, -0.25) is 4.79 Å². The van der Waals surface area contributed by atoms with Gasteiger partial charge < -0.3 is 5.32 Å². The molecule has 0 aliphatic rings. The number of tetrazole rings is 1. The molecular weight excluding hydrogens is 251 g/mol. The summed E-state index contributed by atoms with van der Waals surface area (Å²) in [4.78, 5) is 11.5. The first-order valence-corrected chi connectivity index (χ1v) is 4.73. The minimum atomic E-state index is -1.28. The summed E-state index contributed by atoms with van der Waals surface area (Å²) < 4.78 is 39.1. The van der Waals surface area contributed by atoms with E-state index >= 15 is 0 Å². The van der Waals surface area contributed by atoms with Crippen LogP contribution in [0.5, 0.6) is 0 Å². The molecule has 0 unspecified atom stereocenters. The van der Waals surface area contributed by atoms with Crippen LogP contribution in [0.3, 0.4) is 0 Å². The van der Waals surface area contributed by atoms with Gasteiger partial charge in [-0.15, -0.1) is 10.2 Å². The molecule has 0 fully saturated rings. The molecule has 1 aromatic carbocycles. The van der Waals surface area contributed by atoms with Crippen molar-refractivity contribution in [3.8, 4) is 0 Å². The van der Waals surface area contributed by atoms with Gasteiger partial charge in [0, 0.05) is 12.1 Å². The Kier molecular flexibility index (Phi) is 3.22. The van der Waals surface area contributed by atoms with E-state index < -0.39 is 28.9 Å². The molecule has 1 amide bonds. The number of aromatic amines is 1. The average molecular weight is 257 g/mol. The summed E-state index contributed by atoms with van der Waals surface area (Å²) >= 11 is 0. The van der Waals surface area contributed by atoms with Crippen molar-refractivity contribution in [2.45, 2.75) is 6.54 Å². The predicted molar refractivity (Wildman–Crippen MR) is 51.7 cm³/mol. The number of carbonyl (C=O) groups is 1. The lowest BCUT2D eigenvalue weighted by Gasteiger charge is -2.05. The molecule has 1 aromatic heterocycles. The quantitative estimate of drug-likeness (QED) is 0.840. The molecule has 0 saturated heterocycles. The molecule has 0 bridgehead atoms. The molecule has 1 heterocycles. The van der Waals surface area contributed by atoms with Crippen LogP contribution in [0, 0.1) is 17.5 Å². The normalized spacial score (nSPS) is 10.4. The summed E-state index contributed by atoms with van der Waals surface area (Å²) in [5.74, 6) is -4.54. The maximum absolute atomic E-state index is 13.2. The van der Waals surface area contributed by atoms with Gasteiger partial charge in [0.1, 0.15) is 23.0 Å². The Labute approximate surface area is 98.2 Å². The number of aromatic nitrogens is 4. The monoisotopic (exact) mass is 257 g/mol. The highest BCUT2D eigenvalue weighted by molar-refractivity contribution is 5.94. The second-order valence-corrected chi connectivity index (χ2v) is 3.26. The van der Waals surface area contributed by atoms with Gasteiger partial charge in [0.05, 0.1) is 6.54 Å². The third-order valence-corrected chi connectivity index (χ3v) is 2.03. The van der Waals surface area contributed by atoms with Crippen molar-refractivity contribution in [1.82, 2.24) is 25.9 Å². The molecule has 0 saturated carbocycles. The number of nitrogens with one attached hydrogen (secondary N) is 2. The fourth-order valence-electron chi connectivity index (χ4n) is 1.26. The fourth-order valence-corrected chi connectivity index (χ4v) is 1.26. The minimum Gasteiger partial charge on any atom is -0.344 e. The molecule has 2 N–H and O–H groups in total. The van der Waals surface area contributed by atoms with Crippen LogP contribution in [-0.4, -0.2) is 26.5 Å². The fraction of sp³-hybridized carbons (Fsp3) is 0.111. The highest BCUT2D eigenvalue weighted by atomic mass is 19.1. The first-order valence-electron chi connectivity index (χ1n) is 4.73. The molecule has 0 spiro atoms. The van der Waals surface area contributed by atoms with E-state index in [9.17, 15) is 18.0 Å². The molecule has 2 aromatic rings. The second kappa shape index (κ2) is 4.82. The number of amides is 1. The second-order valence-electron chi connectivity index (χ2n) is 3.26.